The highest BCUT2D eigenvalue weighted by molar-refractivity contribution is 7.80. The molecule has 1 aromatic carbocycles. The van der Waals surface area contributed by atoms with Crippen molar-refractivity contribution in [1.82, 2.24) is 20.3 Å². The lowest BCUT2D eigenvalue weighted by Gasteiger charge is -2.24. The number of nitrogens with zero attached hydrogens (tertiary/aromatic N) is 3. The van der Waals surface area contributed by atoms with Crippen LogP contribution >= 0.6 is 12.2 Å². The van der Waals surface area contributed by atoms with Crippen LogP contribution in [0.3, 0.4) is 0 Å². The summed E-state index contributed by atoms with van der Waals surface area (Å²) in [6.07, 6.45) is 2.67. The fourth-order valence-corrected chi connectivity index (χ4v) is 3.60. The highest BCUT2D eigenvalue weighted by atomic mass is 32.1. The zero-order valence-corrected chi connectivity index (χ0v) is 18.9. The van der Waals surface area contributed by atoms with Crippen LogP contribution in [-0.2, 0) is 14.3 Å². The van der Waals surface area contributed by atoms with Gasteiger partial charge in [0, 0.05) is 24.6 Å². The van der Waals surface area contributed by atoms with Crippen molar-refractivity contribution < 1.29 is 23.9 Å². The number of hydrazine groups is 1. The Morgan fingerprint density at radius 3 is 2.45 bits per heavy atom. The van der Waals surface area contributed by atoms with E-state index >= 15 is 0 Å². The minimum Gasteiger partial charge on any atom is -0.462 e. The van der Waals surface area contributed by atoms with E-state index in [0.717, 1.165) is 0 Å². The number of likely N-dealkylation sites (N-methyl/N-ethyl adjacent to an activating group) is 1. The van der Waals surface area contributed by atoms with Crippen molar-refractivity contribution in [3.8, 4) is 0 Å². The van der Waals surface area contributed by atoms with Crippen molar-refractivity contribution >= 4 is 46.7 Å². The molecule has 1 atom stereocenters. The Balaban J connectivity index is 1.70. The topological polar surface area (TPSA) is 121 Å². The lowest BCUT2D eigenvalue weighted by Crippen LogP contribution is -2.49. The monoisotopic (exact) mass is 469 g/mol. The standard InChI is InChI=1S/C22H23N5O5S/c1-3-26-20(30)17(27(22(26)33)25-19(29)15-6-5-11-23-13-15)12-18(28)24-16-9-7-14(8-10-16)21(31)32-4-2/h5-11,13,17H,3-4,12H2,1-2H3,(H,24,28)(H,25,29)/t17-/m0/s1. The highest BCUT2D eigenvalue weighted by Crippen LogP contribution is 2.20. The minimum absolute atomic E-state index is 0.108. The van der Waals surface area contributed by atoms with Crippen LogP contribution < -0.4 is 10.7 Å². The van der Waals surface area contributed by atoms with Crippen LogP contribution in [0, 0.1) is 0 Å². The molecule has 0 unspecified atom stereocenters. The van der Waals surface area contributed by atoms with E-state index in [2.05, 4.69) is 15.7 Å². The van der Waals surface area contributed by atoms with Crippen LogP contribution in [-0.4, -0.2) is 62.9 Å². The number of anilines is 1. The van der Waals surface area contributed by atoms with Gasteiger partial charge in [0.15, 0.2) is 5.11 Å². The van der Waals surface area contributed by atoms with Gasteiger partial charge in [-0.2, -0.15) is 0 Å². The first-order valence-corrected chi connectivity index (χ1v) is 10.7. The first-order valence-electron chi connectivity index (χ1n) is 10.3. The summed E-state index contributed by atoms with van der Waals surface area (Å²) in [6, 6.07) is 8.36. The third-order valence-corrected chi connectivity index (χ3v) is 5.24. The molecule has 1 fully saturated rings. The number of carbonyl (C=O) groups is 4. The number of carbonyl (C=O) groups excluding carboxylic acids is 4. The Morgan fingerprint density at radius 1 is 1.12 bits per heavy atom. The summed E-state index contributed by atoms with van der Waals surface area (Å²) < 4.78 is 4.93. The molecule has 3 amide bonds. The molecule has 2 N–H and O–H groups in total. The summed E-state index contributed by atoms with van der Waals surface area (Å²) >= 11 is 5.35. The summed E-state index contributed by atoms with van der Waals surface area (Å²) in [4.78, 5) is 55.1. The number of hydrogen-bond donors (Lipinski definition) is 2. The second-order valence-corrected chi connectivity index (χ2v) is 7.35. The quantitative estimate of drug-likeness (QED) is 0.443. The second-order valence-electron chi connectivity index (χ2n) is 6.98. The van der Waals surface area contributed by atoms with Gasteiger partial charge in [0.05, 0.1) is 24.2 Å². The Morgan fingerprint density at radius 2 is 1.85 bits per heavy atom. The molecule has 2 heterocycles. The summed E-state index contributed by atoms with van der Waals surface area (Å²) in [5.74, 6) is -1.81. The maximum atomic E-state index is 12.8. The molecule has 3 rings (SSSR count). The normalized spacial score (nSPS) is 15.4. The average molecular weight is 470 g/mol. The van der Waals surface area contributed by atoms with Gasteiger partial charge >= 0.3 is 5.97 Å². The molecule has 10 nitrogen and oxygen atoms in total. The molecule has 0 bridgehead atoms. The summed E-state index contributed by atoms with van der Waals surface area (Å²) in [5.41, 5.74) is 3.69. The van der Waals surface area contributed by atoms with Crippen molar-refractivity contribution in [2.24, 2.45) is 0 Å². The van der Waals surface area contributed by atoms with Crippen molar-refractivity contribution in [2.75, 3.05) is 18.5 Å². The number of benzene rings is 1. The maximum absolute atomic E-state index is 12.8. The van der Waals surface area contributed by atoms with E-state index in [1.54, 1.807) is 38.1 Å². The Labute approximate surface area is 195 Å². The fraction of sp³-hybridized carbons (Fsp3) is 0.273. The van der Waals surface area contributed by atoms with Crippen LogP contribution in [0.5, 0.6) is 0 Å². The molecule has 0 saturated carbocycles. The first kappa shape index (κ1) is 23.8. The van der Waals surface area contributed by atoms with Gasteiger partial charge in [0.1, 0.15) is 6.04 Å². The lowest BCUT2D eigenvalue weighted by molar-refractivity contribution is -0.130. The zero-order chi connectivity index (χ0) is 24.0. The molecule has 2 aromatic rings. The van der Waals surface area contributed by atoms with Gasteiger partial charge in [-0.3, -0.25) is 29.7 Å². The third kappa shape index (κ3) is 5.50. The molecule has 33 heavy (non-hydrogen) atoms. The van der Waals surface area contributed by atoms with Crippen LogP contribution in [0.25, 0.3) is 0 Å². The molecule has 1 aliphatic rings. The predicted octanol–water partition coefficient (Wildman–Crippen LogP) is 1.75. The van der Waals surface area contributed by atoms with E-state index in [4.69, 9.17) is 17.0 Å². The van der Waals surface area contributed by atoms with Gasteiger partial charge in [0.25, 0.3) is 11.8 Å². The summed E-state index contributed by atoms with van der Waals surface area (Å²) in [7, 11) is 0. The summed E-state index contributed by atoms with van der Waals surface area (Å²) in [5, 5.41) is 4.03. The van der Waals surface area contributed by atoms with E-state index in [-0.39, 0.29) is 29.6 Å². The molecule has 0 spiro atoms. The van der Waals surface area contributed by atoms with Gasteiger partial charge in [-0.05, 0) is 62.5 Å². The fourth-order valence-electron chi connectivity index (χ4n) is 3.21. The predicted molar refractivity (Wildman–Crippen MR) is 123 cm³/mol. The van der Waals surface area contributed by atoms with Crippen molar-refractivity contribution in [2.45, 2.75) is 26.3 Å². The van der Waals surface area contributed by atoms with E-state index in [1.807, 2.05) is 0 Å². The van der Waals surface area contributed by atoms with E-state index in [9.17, 15) is 19.2 Å². The number of thiocarbonyl (C=S) groups is 1. The number of ether oxygens (including phenoxy) is 1. The molecule has 0 aliphatic carbocycles. The van der Waals surface area contributed by atoms with Gasteiger partial charge in [-0.15, -0.1) is 0 Å². The minimum atomic E-state index is -1.00. The van der Waals surface area contributed by atoms with E-state index in [0.29, 0.717) is 17.8 Å². The van der Waals surface area contributed by atoms with Crippen LogP contribution in [0.4, 0.5) is 5.69 Å². The molecule has 1 saturated heterocycles. The number of rotatable bonds is 8. The van der Waals surface area contributed by atoms with Gasteiger partial charge < -0.3 is 10.1 Å². The highest BCUT2D eigenvalue weighted by Gasteiger charge is 2.43. The Hall–Kier alpha value is -3.86. The Kier molecular flexibility index (Phi) is 7.67. The number of nitrogens with one attached hydrogen (secondary N) is 2. The number of pyridine rings is 1. The van der Waals surface area contributed by atoms with E-state index in [1.165, 1.54) is 34.4 Å². The molecule has 172 valence electrons. The SMILES string of the molecule is CCOC(=O)c1ccc(NC(=O)C[C@H]2C(=O)N(CC)C(=S)N2NC(=O)c2cccnc2)cc1. The molecular weight excluding hydrogens is 446 g/mol. The first-order chi connectivity index (χ1) is 15.8. The summed E-state index contributed by atoms with van der Waals surface area (Å²) in [6.45, 7) is 4.02. The number of aromatic nitrogens is 1. The third-order valence-electron chi connectivity index (χ3n) is 4.82. The van der Waals surface area contributed by atoms with Gasteiger partial charge in [-0.1, -0.05) is 0 Å². The molecule has 11 heteroatoms. The maximum Gasteiger partial charge on any atom is 0.338 e. The molecular formula is C22H23N5O5S. The molecule has 1 aromatic heterocycles. The second kappa shape index (κ2) is 10.6. The van der Waals surface area contributed by atoms with Crippen molar-refractivity contribution in [3.63, 3.8) is 0 Å². The van der Waals surface area contributed by atoms with Gasteiger partial charge in [0.2, 0.25) is 5.91 Å². The van der Waals surface area contributed by atoms with Crippen LogP contribution in [0.1, 0.15) is 41.0 Å². The smallest absolute Gasteiger partial charge is 0.338 e. The van der Waals surface area contributed by atoms with E-state index < -0.39 is 23.8 Å². The van der Waals surface area contributed by atoms with Gasteiger partial charge in [-0.25, -0.2) is 9.80 Å². The largest absolute Gasteiger partial charge is 0.462 e. The van der Waals surface area contributed by atoms with Crippen LogP contribution in [0.15, 0.2) is 48.8 Å². The Bertz CT molecular complexity index is 1060. The number of esters is 1. The van der Waals surface area contributed by atoms with Crippen molar-refractivity contribution in [1.29, 1.82) is 0 Å². The number of hydrogen-bond acceptors (Lipinski definition) is 7. The average Bonchev–Trinajstić information content (AvgIpc) is 3.03. The van der Waals surface area contributed by atoms with Crippen molar-refractivity contribution in [3.05, 3.63) is 59.9 Å². The zero-order valence-electron chi connectivity index (χ0n) is 18.1. The number of amides is 3. The molecule has 0 radical (unpaired) electrons. The van der Waals surface area contributed by atoms with Crippen LogP contribution in [0.2, 0.25) is 0 Å². The molecule has 1 aliphatic heterocycles. The lowest BCUT2D eigenvalue weighted by atomic mass is 10.1.